The first-order valence-electron chi connectivity index (χ1n) is 4.80. The Morgan fingerprint density at radius 1 is 1.53 bits per heavy atom. The van der Waals surface area contributed by atoms with Crippen molar-refractivity contribution in [3.63, 3.8) is 0 Å². The van der Waals surface area contributed by atoms with E-state index >= 15 is 0 Å². The van der Waals surface area contributed by atoms with Crippen LogP contribution >= 0.6 is 12.2 Å². The largest absolute Gasteiger partial charge is 0.444 e. The lowest BCUT2D eigenvalue weighted by Gasteiger charge is -2.19. The van der Waals surface area contributed by atoms with Crippen LogP contribution in [0.5, 0.6) is 0 Å². The summed E-state index contributed by atoms with van der Waals surface area (Å²) in [5, 5.41) is 4.64. The number of anilines is 1. The topological polar surface area (TPSA) is 76.5 Å². The van der Waals surface area contributed by atoms with Gasteiger partial charge >= 0.3 is 6.09 Å². The third-order valence-corrected chi connectivity index (χ3v) is 1.53. The fourth-order valence-corrected chi connectivity index (χ4v) is 1.03. The van der Waals surface area contributed by atoms with Gasteiger partial charge in [0.1, 0.15) is 17.7 Å². The summed E-state index contributed by atoms with van der Waals surface area (Å²) in [6.45, 7) is 5.32. The Labute approximate surface area is 104 Å². The zero-order valence-electron chi connectivity index (χ0n) is 9.72. The van der Waals surface area contributed by atoms with Gasteiger partial charge in [0.15, 0.2) is 5.82 Å². The first kappa shape index (κ1) is 13.2. The molecule has 0 fully saturated rings. The number of aromatic nitrogens is 2. The van der Waals surface area contributed by atoms with Crippen LogP contribution in [0.4, 0.5) is 16.4 Å². The smallest absolute Gasteiger partial charge is 0.413 e. The van der Waals surface area contributed by atoms with Gasteiger partial charge in [-0.1, -0.05) is 0 Å². The molecular formula is C10H12N4O2S. The maximum Gasteiger partial charge on any atom is 0.413 e. The van der Waals surface area contributed by atoms with Crippen molar-refractivity contribution in [2.24, 2.45) is 4.99 Å². The number of carbonyl (C=O) groups is 1. The zero-order chi connectivity index (χ0) is 12.9. The molecule has 7 heteroatoms. The minimum absolute atomic E-state index is 0.290. The van der Waals surface area contributed by atoms with Gasteiger partial charge in [-0.25, -0.2) is 14.8 Å². The number of thiocarbonyl (C=S) groups is 1. The van der Waals surface area contributed by atoms with Gasteiger partial charge in [0.25, 0.3) is 0 Å². The van der Waals surface area contributed by atoms with Gasteiger partial charge in [0.05, 0.1) is 5.16 Å². The average molecular weight is 252 g/mol. The normalized spacial score (nSPS) is 10.3. The van der Waals surface area contributed by atoms with Crippen molar-refractivity contribution in [1.29, 1.82) is 0 Å². The van der Waals surface area contributed by atoms with E-state index in [9.17, 15) is 4.79 Å². The predicted octanol–water partition coefficient (Wildman–Crippen LogP) is 2.56. The summed E-state index contributed by atoms with van der Waals surface area (Å²) in [5.74, 6) is 0.610. The van der Waals surface area contributed by atoms with E-state index in [0.717, 1.165) is 0 Å². The average Bonchev–Trinajstić information content (AvgIpc) is 2.15. The Hall–Kier alpha value is -1.85. The molecule has 0 spiro atoms. The summed E-state index contributed by atoms with van der Waals surface area (Å²) in [6.07, 6.45) is 0.673. The summed E-state index contributed by atoms with van der Waals surface area (Å²) < 4.78 is 5.06. The maximum absolute atomic E-state index is 11.4. The number of aliphatic imine (C=N–C) groups is 1. The molecule has 17 heavy (non-hydrogen) atoms. The van der Waals surface area contributed by atoms with Crippen molar-refractivity contribution >= 4 is 35.1 Å². The number of amides is 1. The van der Waals surface area contributed by atoms with Gasteiger partial charge in [-0.05, 0) is 33.0 Å². The molecule has 1 heterocycles. The van der Waals surface area contributed by atoms with Gasteiger partial charge in [0, 0.05) is 6.07 Å². The second-order valence-corrected chi connectivity index (χ2v) is 4.27. The molecule has 0 bridgehead atoms. The van der Waals surface area contributed by atoms with Crippen LogP contribution in [0.2, 0.25) is 0 Å². The van der Waals surface area contributed by atoms with Gasteiger partial charge < -0.3 is 4.74 Å². The fraction of sp³-hybridized carbons (Fsp3) is 0.400. The number of isothiocyanates is 1. The van der Waals surface area contributed by atoms with Crippen molar-refractivity contribution in [2.45, 2.75) is 26.4 Å². The number of nitrogens with zero attached hydrogens (tertiary/aromatic N) is 3. The van der Waals surface area contributed by atoms with Gasteiger partial charge in [-0.15, -0.1) is 0 Å². The molecule has 1 amide bonds. The van der Waals surface area contributed by atoms with E-state index in [1.807, 2.05) is 0 Å². The minimum atomic E-state index is -0.589. The number of hydrogen-bond donors (Lipinski definition) is 1. The lowest BCUT2D eigenvalue weighted by Crippen LogP contribution is -2.27. The quantitative estimate of drug-likeness (QED) is 0.646. The Kier molecular flexibility index (Phi) is 4.25. The Morgan fingerprint density at radius 2 is 2.24 bits per heavy atom. The fourth-order valence-electron chi connectivity index (χ4n) is 0.931. The number of rotatable bonds is 2. The van der Waals surface area contributed by atoms with Gasteiger partial charge in [-0.2, -0.15) is 4.99 Å². The molecule has 0 unspecified atom stereocenters. The monoisotopic (exact) mass is 252 g/mol. The van der Waals surface area contributed by atoms with E-state index in [-0.39, 0.29) is 0 Å². The second kappa shape index (κ2) is 5.47. The van der Waals surface area contributed by atoms with Crippen LogP contribution in [-0.2, 0) is 4.74 Å². The molecule has 1 aromatic heterocycles. The van der Waals surface area contributed by atoms with E-state index in [1.165, 1.54) is 12.4 Å². The van der Waals surface area contributed by atoms with Crippen molar-refractivity contribution in [3.05, 3.63) is 12.4 Å². The van der Waals surface area contributed by atoms with Crippen LogP contribution in [-0.4, -0.2) is 26.8 Å². The van der Waals surface area contributed by atoms with E-state index in [1.54, 1.807) is 20.8 Å². The molecule has 0 aromatic carbocycles. The van der Waals surface area contributed by atoms with E-state index in [2.05, 4.69) is 37.7 Å². The summed E-state index contributed by atoms with van der Waals surface area (Å²) in [6, 6.07) is 1.46. The Balaban J connectivity index is 2.72. The summed E-state index contributed by atoms with van der Waals surface area (Å²) in [5.41, 5.74) is -0.563. The summed E-state index contributed by atoms with van der Waals surface area (Å²) in [4.78, 5) is 22.8. The van der Waals surface area contributed by atoms with Crippen LogP contribution in [0.15, 0.2) is 17.4 Å². The van der Waals surface area contributed by atoms with Crippen molar-refractivity contribution in [1.82, 2.24) is 9.97 Å². The summed E-state index contributed by atoms with van der Waals surface area (Å²) in [7, 11) is 0. The van der Waals surface area contributed by atoms with Crippen LogP contribution in [0.25, 0.3) is 0 Å². The molecule has 1 N–H and O–H groups in total. The highest BCUT2D eigenvalue weighted by Crippen LogP contribution is 2.13. The Morgan fingerprint density at radius 3 is 2.82 bits per heavy atom. The molecule has 0 saturated carbocycles. The summed E-state index contributed by atoms with van der Waals surface area (Å²) >= 11 is 4.45. The predicted molar refractivity (Wildman–Crippen MR) is 66.6 cm³/mol. The van der Waals surface area contributed by atoms with Crippen molar-refractivity contribution in [3.8, 4) is 0 Å². The van der Waals surface area contributed by atoms with Gasteiger partial charge in [-0.3, -0.25) is 5.32 Å². The number of ether oxygens (including phenoxy) is 1. The molecular weight excluding hydrogens is 240 g/mol. The molecule has 0 saturated heterocycles. The molecule has 0 atom stereocenters. The molecule has 0 aliphatic heterocycles. The highest BCUT2D eigenvalue weighted by atomic mass is 32.1. The van der Waals surface area contributed by atoms with E-state index in [4.69, 9.17) is 4.74 Å². The molecule has 1 aromatic rings. The second-order valence-electron chi connectivity index (χ2n) is 4.09. The molecule has 0 aliphatic rings. The highest BCUT2D eigenvalue weighted by molar-refractivity contribution is 7.78. The number of hydrogen-bond acceptors (Lipinski definition) is 6. The zero-order valence-corrected chi connectivity index (χ0v) is 10.5. The maximum atomic E-state index is 11.4. The SMILES string of the molecule is CC(C)(C)OC(=O)Nc1cc(N=C=S)ncn1. The molecule has 1 rings (SSSR count). The first-order chi connectivity index (χ1) is 7.90. The lowest BCUT2D eigenvalue weighted by atomic mass is 10.2. The standard InChI is InChI=1S/C10H12N4O2S/c1-10(2,3)16-9(15)14-8-4-7(13-6-17)11-5-12-8/h4-5H,1-3H3,(H,11,12,14,15). The van der Waals surface area contributed by atoms with E-state index in [0.29, 0.717) is 11.6 Å². The Bertz CT molecular complexity index is 464. The van der Waals surface area contributed by atoms with Crippen LogP contribution in [0.1, 0.15) is 20.8 Å². The third-order valence-electron chi connectivity index (χ3n) is 1.44. The number of nitrogens with one attached hydrogen (secondary N) is 1. The molecule has 0 aliphatic carbocycles. The molecule has 0 radical (unpaired) electrons. The lowest BCUT2D eigenvalue weighted by molar-refractivity contribution is 0.0635. The molecule has 90 valence electrons. The minimum Gasteiger partial charge on any atom is -0.444 e. The third kappa shape index (κ3) is 5.14. The first-order valence-corrected chi connectivity index (χ1v) is 5.21. The molecule has 6 nitrogen and oxygen atoms in total. The van der Waals surface area contributed by atoms with Crippen LogP contribution in [0.3, 0.4) is 0 Å². The highest BCUT2D eigenvalue weighted by Gasteiger charge is 2.16. The van der Waals surface area contributed by atoms with Crippen molar-refractivity contribution in [2.75, 3.05) is 5.32 Å². The van der Waals surface area contributed by atoms with Crippen molar-refractivity contribution < 1.29 is 9.53 Å². The van der Waals surface area contributed by atoms with Gasteiger partial charge in [0.2, 0.25) is 0 Å². The van der Waals surface area contributed by atoms with Crippen LogP contribution < -0.4 is 5.32 Å². The number of carbonyl (C=O) groups excluding carboxylic acids is 1. The van der Waals surface area contributed by atoms with E-state index < -0.39 is 11.7 Å². The van der Waals surface area contributed by atoms with Crippen LogP contribution in [0, 0.1) is 0 Å².